The van der Waals surface area contributed by atoms with Crippen LogP contribution < -0.4 is 5.32 Å². The molecular formula is C17H28N2O3S. The summed E-state index contributed by atoms with van der Waals surface area (Å²) in [7, 11) is -3.12. The molecule has 0 aromatic rings. The van der Waals surface area contributed by atoms with Crippen LogP contribution in [-0.2, 0) is 14.8 Å². The van der Waals surface area contributed by atoms with Gasteiger partial charge in [0.05, 0.1) is 6.26 Å². The minimum atomic E-state index is -3.12. The smallest absolute Gasteiger partial charge is 0.223 e. The number of carbonyl (C=O) groups is 1. The van der Waals surface area contributed by atoms with E-state index in [0.717, 1.165) is 17.8 Å². The number of sulfonamides is 1. The lowest BCUT2D eigenvalue weighted by Crippen LogP contribution is -2.61. The normalized spacial score (nSPS) is 41.2. The van der Waals surface area contributed by atoms with E-state index >= 15 is 0 Å². The van der Waals surface area contributed by atoms with Gasteiger partial charge in [-0.15, -0.1) is 0 Å². The molecule has 5 aliphatic rings. The highest BCUT2D eigenvalue weighted by Crippen LogP contribution is 2.55. The van der Waals surface area contributed by atoms with Gasteiger partial charge in [0.15, 0.2) is 0 Å². The van der Waals surface area contributed by atoms with Gasteiger partial charge >= 0.3 is 0 Å². The summed E-state index contributed by atoms with van der Waals surface area (Å²) in [6, 6.07) is 0. The lowest BCUT2D eigenvalue weighted by atomic mass is 9.53. The van der Waals surface area contributed by atoms with Gasteiger partial charge in [-0.25, -0.2) is 12.7 Å². The zero-order valence-electron chi connectivity index (χ0n) is 14.0. The number of hydrogen-bond donors (Lipinski definition) is 1. The highest BCUT2D eigenvalue weighted by Gasteiger charge is 2.51. The van der Waals surface area contributed by atoms with E-state index in [-0.39, 0.29) is 17.4 Å². The van der Waals surface area contributed by atoms with Gasteiger partial charge in [-0.05, 0) is 69.1 Å². The van der Waals surface area contributed by atoms with Crippen LogP contribution in [0.15, 0.2) is 0 Å². The van der Waals surface area contributed by atoms with Crippen molar-refractivity contribution in [1.82, 2.24) is 9.62 Å². The van der Waals surface area contributed by atoms with E-state index in [9.17, 15) is 13.2 Å². The Hall–Kier alpha value is -0.620. The fourth-order valence-corrected chi connectivity index (χ4v) is 6.95. The van der Waals surface area contributed by atoms with E-state index < -0.39 is 10.0 Å². The molecule has 1 heterocycles. The van der Waals surface area contributed by atoms with Crippen LogP contribution in [0.2, 0.25) is 0 Å². The molecule has 6 heteroatoms. The van der Waals surface area contributed by atoms with Crippen molar-refractivity contribution in [2.75, 3.05) is 19.3 Å². The summed E-state index contributed by atoms with van der Waals surface area (Å²) >= 11 is 0. The van der Waals surface area contributed by atoms with Gasteiger partial charge in [0.1, 0.15) is 0 Å². The van der Waals surface area contributed by atoms with Crippen LogP contribution in [0.4, 0.5) is 0 Å². The molecule has 1 N–H and O–H groups in total. The summed E-state index contributed by atoms with van der Waals surface area (Å²) in [5.74, 6) is 2.65. The lowest BCUT2D eigenvalue weighted by molar-refractivity contribution is -0.132. The maximum absolute atomic E-state index is 12.8. The van der Waals surface area contributed by atoms with Crippen molar-refractivity contribution in [3.8, 4) is 0 Å². The maximum Gasteiger partial charge on any atom is 0.223 e. The molecule has 1 amide bonds. The first-order valence-corrected chi connectivity index (χ1v) is 10.9. The van der Waals surface area contributed by atoms with Crippen LogP contribution >= 0.6 is 0 Å². The number of hydrogen-bond acceptors (Lipinski definition) is 3. The van der Waals surface area contributed by atoms with Gasteiger partial charge in [0, 0.05) is 24.5 Å². The first-order valence-electron chi connectivity index (χ1n) is 9.10. The fraction of sp³-hybridized carbons (Fsp3) is 0.941. The van der Waals surface area contributed by atoms with Crippen molar-refractivity contribution in [2.45, 2.75) is 56.9 Å². The van der Waals surface area contributed by atoms with Crippen molar-refractivity contribution < 1.29 is 13.2 Å². The van der Waals surface area contributed by atoms with Gasteiger partial charge in [0.2, 0.25) is 15.9 Å². The molecule has 4 saturated carbocycles. The highest BCUT2D eigenvalue weighted by atomic mass is 32.2. The summed E-state index contributed by atoms with van der Waals surface area (Å²) in [6.07, 6.45) is 10.2. The zero-order chi connectivity index (χ0) is 16.2. The van der Waals surface area contributed by atoms with Crippen molar-refractivity contribution in [3.05, 3.63) is 0 Å². The molecule has 5 fully saturated rings. The molecule has 0 atom stereocenters. The Kier molecular flexibility index (Phi) is 3.76. The molecule has 23 heavy (non-hydrogen) atoms. The van der Waals surface area contributed by atoms with Gasteiger partial charge in [-0.1, -0.05) is 0 Å². The number of amides is 1. The number of piperidine rings is 1. The standard InChI is InChI=1S/C17H28N2O3S/c1-23(21,22)19-4-2-15(3-5-19)16(20)18-17-9-12-6-13(10-17)8-14(7-12)11-17/h12-15H,2-11H2,1H3,(H,18,20). The third-order valence-electron chi connectivity index (χ3n) is 6.72. The minimum Gasteiger partial charge on any atom is -0.350 e. The molecule has 0 spiro atoms. The molecule has 0 radical (unpaired) electrons. The molecule has 0 aromatic heterocycles. The molecule has 4 bridgehead atoms. The van der Waals surface area contributed by atoms with E-state index in [1.54, 1.807) is 0 Å². The molecule has 0 aromatic carbocycles. The molecule has 4 aliphatic carbocycles. The minimum absolute atomic E-state index is 0.0130. The molecule has 1 saturated heterocycles. The van der Waals surface area contributed by atoms with Crippen LogP contribution in [0.1, 0.15) is 51.4 Å². The van der Waals surface area contributed by atoms with E-state index in [1.807, 2.05) is 0 Å². The number of carbonyl (C=O) groups excluding carboxylic acids is 1. The van der Waals surface area contributed by atoms with Gasteiger partial charge in [0.25, 0.3) is 0 Å². The Morgan fingerprint density at radius 3 is 1.91 bits per heavy atom. The largest absolute Gasteiger partial charge is 0.350 e. The molecule has 0 unspecified atom stereocenters. The van der Waals surface area contributed by atoms with Crippen LogP contribution in [-0.4, -0.2) is 43.5 Å². The Labute approximate surface area is 139 Å². The second kappa shape index (κ2) is 5.45. The third kappa shape index (κ3) is 3.04. The predicted molar refractivity (Wildman–Crippen MR) is 88.2 cm³/mol. The molecular weight excluding hydrogens is 312 g/mol. The zero-order valence-corrected chi connectivity index (χ0v) is 14.8. The van der Waals surface area contributed by atoms with Crippen molar-refractivity contribution in [3.63, 3.8) is 0 Å². The lowest BCUT2D eigenvalue weighted by Gasteiger charge is -2.57. The van der Waals surface area contributed by atoms with E-state index in [0.29, 0.717) is 25.9 Å². The summed E-state index contributed by atoms with van der Waals surface area (Å²) in [6.45, 7) is 0.968. The fourth-order valence-electron chi connectivity index (χ4n) is 6.08. The Morgan fingerprint density at radius 2 is 1.48 bits per heavy atom. The van der Waals surface area contributed by atoms with Crippen LogP contribution in [0.25, 0.3) is 0 Å². The SMILES string of the molecule is CS(=O)(=O)N1CCC(C(=O)NC23CC4CC(CC(C4)C2)C3)CC1. The first-order chi connectivity index (χ1) is 10.8. The van der Waals surface area contributed by atoms with Crippen molar-refractivity contribution in [1.29, 1.82) is 0 Å². The average Bonchev–Trinajstić information content (AvgIpc) is 2.44. The second-order valence-electron chi connectivity index (χ2n) is 8.62. The maximum atomic E-state index is 12.8. The van der Waals surface area contributed by atoms with Crippen LogP contribution in [0, 0.1) is 23.7 Å². The molecule has 1 aliphatic heterocycles. The molecule has 5 nitrogen and oxygen atoms in total. The van der Waals surface area contributed by atoms with Crippen molar-refractivity contribution in [2.24, 2.45) is 23.7 Å². The monoisotopic (exact) mass is 340 g/mol. The first kappa shape index (κ1) is 15.9. The summed E-state index contributed by atoms with van der Waals surface area (Å²) in [5, 5.41) is 3.44. The molecule has 5 rings (SSSR count). The Bertz CT molecular complexity index is 558. The number of nitrogens with one attached hydrogen (secondary N) is 1. The summed E-state index contributed by atoms with van der Waals surface area (Å²) < 4.78 is 24.7. The van der Waals surface area contributed by atoms with Crippen molar-refractivity contribution >= 4 is 15.9 Å². The van der Waals surface area contributed by atoms with E-state index in [2.05, 4.69) is 5.32 Å². The third-order valence-corrected chi connectivity index (χ3v) is 8.02. The van der Waals surface area contributed by atoms with Gasteiger partial charge in [-0.2, -0.15) is 0 Å². The molecule has 130 valence electrons. The van der Waals surface area contributed by atoms with Gasteiger partial charge in [-0.3, -0.25) is 4.79 Å². The van der Waals surface area contributed by atoms with E-state index in [4.69, 9.17) is 0 Å². The van der Waals surface area contributed by atoms with Gasteiger partial charge < -0.3 is 5.32 Å². The Morgan fingerprint density at radius 1 is 1.00 bits per heavy atom. The second-order valence-corrected chi connectivity index (χ2v) is 10.6. The summed E-state index contributed by atoms with van der Waals surface area (Å²) in [5.41, 5.74) is 0.0692. The number of nitrogens with zero attached hydrogens (tertiary/aromatic N) is 1. The predicted octanol–water partition coefficient (Wildman–Crippen LogP) is 1.74. The topological polar surface area (TPSA) is 66.5 Å². The highest BCUT2D eigenvalue weighted by molar-refractivity contribution is 7.88. The number of rotatable bonds is 3. The average molecular weight is 340 g/mol. The Balaban J connectivity index is 1.38. The van der Waals surface area contributed by atoms with E-state index in [1.165, 1.54) is 49.1 Å². The summed E-state index contributed by atoms with van der Waals surface area (Å²) in [4.78, 5) is 12.8. The van der Waals surface area contributed by atoms with Crippen LogP contribution in [0.5, 0.6) is 0 Å². The van der Waals surface area contributed by atoms with Crippen LogP contribution in [0.3, 0.4) is 0 Å². The quantitative estimate of drug-likeness (QED) is 0.851.